The summed E-state index contributed by atoms with van der Waals surface area (Å²) in [4.78, 5) is 37.1. The van der Waals surface area contributed by atoms with Crippen LogP contribution in [0.1, 0.15) is 27.4 Å². The number of hydrogen-bond donors (Lipinski definition) is 4. The van der Waals surface area contributed by atoms with E-state index in [2.05, 4.69) is 17.2 Å². The van der Waals surface area contributed by atoms with Gasteiger partial charge in [0.15, 0.2) is 11.8 Å². The van der Waals surface area contributed by atoms with Gasteiger partial charge in [0, 0.05) is 25.2 Å². The van der Waals surface area contributed by atoms with Gasteiger partial charge in [-0.15, -0.1) is 0 Å². The Hall–Kier alpha value is -3.61. The van der Waals surface area contributed by atoms with E-state index in [0.29, 0.717) is 17.1 Å². The third kappa shape index (κ3) is 4.76. The third-order valence-corrected chi connectivity index (χ3v) is 3.84. The summed E-state index contributed by atoms with van der Waals surface area (Å²) in [6, 6.07) is 7.94. The lowest BCUT2D eigenvalue weighted by Crippen LogP contribution is -2.54. The normalized spacial score (nSPS) is 11.0. The van der Waals surface area contributed by atoms with E-state index in [4.69, 9.17) is 14.7 Å². The number of furan rings is 1. The number of aliphatic hydroxyl groups excluding tert-OH is 1. The van der Waals surface area contributed by atoms with Gasteiger partial charge in [-0.05, 0) is 42.3 Å². The molecule has 0 fully saturated rings. The second-order valence-corrected chi connectivity index (χ2v) is 5.66. The minimum atomic E-state index is -1.53. The molecule has 28 heavy (non-hydrogen) atoms. The van der Waals surface area contributed by atoms with E-state index in [1.54, 1.807) is 24.3 Å². The van der Waals surface area contributed by atoms with E-state index in [9.17, 15) is 14.4 Å². The molecule has 1 heterocycles. The topological polar surface area (TPSA) is 132 Å². The van der Waals surface area contributed by atoms with Crippen molar-refractivity contribution in [2.45, 2.75) is 12.6 Å². The van der Waals surface area contributed by atoms with Crippen molar-refractivity contribution in [2.75, 3.05) is 14.1 Å². The summed E-state index contributed by atoms with van der Waals surface area (Å²) in [6.07, 6.45) is 0. The number of carbonyl (C=O) groups is 3. The van der Waals surface area contributed by atoms with E-state index in [1.165, 1.54) is 31.7 Å². The maximum absolute atomic E-state index is 12.6. The van der Waals surface area contributed by atoms with E-state index < -0.39 is 23.8 Å². The summed E-state index contributed by atoms with van der Waals surface area (Å²) >= 11 is 0. The Morgan fingerprint density at radius 1 is 1.11 bits per heavy atom. The largest absolute Gasteiger partial charge is 0.450 e. The van der Waals surface area contributed by atoms with Crippen molar-refractivity contribution in [1.29, 1.82) is 0 Å². The summed E-state index contributed by atoms with van der Waals surface area (Å²) in [7, 11) is 2.59. The number of hydrogen-bond acceptors (Lipinski definition) is 6. The fraction of sp³-hybridized carbons (Fsp3) is 0.211. The van der Waals surface area contributed by atoms with Gasteiger partial charge < -0.3 is 19.7 Å². The third-order valence-electron chi connectivity index (χ3n) is 3.84. The van der Waals surface area contributed by atoms with Crippen LogP contribution in [0.15, 0.2) is 40.8 Å². The lowest BCUT2D eigenvalue weighted by molar-refractivity contribution is -0.140. The van der Waals surface area contributed by atoms with Gasteiger partial charge in [-0.25, -0.2) is 5.48 Å². The van der Waals surface area contributed by atoms with Crippen molar-refractivity contribution >= 4 is 17.7 Å². The van der Waals surface area contributed by atoms with Gasteiger partial charge in [0.05, 0.1) is 0 Å². The molecule has 9 heteroatoms. The first-order valence-corrected chi connectivity index (χ1v) is 8.15. The van der Waals surface area contributed by atoms with Crippen molar-refractivity contribution in [2.24, 2.45) is 0 Å². The molecule has 4 N–H and O–H groups in total. The smallest absolute Gasteiger partial charge is 0.275 e. The Balaban J connectivity index is 2.16. The molecule has 0 radical (unpaired) electrons. The highest BCUT2D eigenvalue weighted by Gasteiger charge is 2.33. The van der Waals surface area contributed by atoms with Crippen LogP contribution in [0, 0.1) is 11.8 Å². The molecule has 9 nitrogen and oxygen atoms in total. The summed E-state index contributed by atoms with van der Waals surface area (Å²) in [5, 5.41) is 20.0. The zero-order valence-corrected chi connectivity index (χ0v) is 15.2. The van der Waals surface area contributed by atoms with Crippen LogP contribution >= 0.6 is 0 Å². The van der Waals surface area contributed by atoms with Crippen LogP contribution in [0.2, 0.25) is 0 Å². The second-order valence-electron chi connectivity index (χ2n) is 5.66. The number of likely N-dealkylation sites (N-methyl/N-ethyl adjacent to an activating group) is 2. The van der Waals surface area contributed by atoms with E-state index in [0.717, 1.165) is 4.90 Å². The highest BCUT2D eigenvalue weighted by Crippen LogP contribution is 2.10. The number of hydroxylamine groups is 1. The molecule has 0 aliphatic carbocycles. The Kier molecular flexibility index (Phi) is 6.92. The zero-order chi connectivity index (χ0) is 20.7. The molecule has 0 aliphatic rings. The Morgan fingerprint density at radius 3 is 2.32 bits per heavy atom. The minimum Gasteiger partial charge on any atom is -0.450 e. The van der Waals surface area contributed by atoms with Crippen molar-refractivity contribution < 1.29 is 29.1 Å². The van der Waals surface area contributed by atoms with Crippen molar-refractivity contribution in [3.63, 3.8) is 0 Å². The van der Waals surface area contributed by atoms with Crippen molar-refractivity contribution in [3.8, 4) is 11.8 Å². The number of carbonyl (C=O) groups excluding carboxylic acids is 3. The maximum Gasteiger partial charge on any atom is 0.275 e. The summed E-state index contributed by atoms with van der Waals surface area (Å²) in [5.74, 6) is 4.10. The molecular weight excluding hydrogens is 366 g/mol. The Labute approximate surface area is 160 Å². The summed E-state index contributed by atoms with van der Waals surface area (Å²) in [5.41, 5.74) is 2.22. The molecule has 0 saturated carbocycles. The van der Waals surface area contributed by atoms with Crippen LogP contribution in [0.5, 0.6) is 0 Å². The standard InChI is InChI=1S/C19H19N3O6/c1-20-17(24)16(18(25)21-27)22(2)19(26)13-6-3-12(4-7-13)5-8-14-9-10-15(11-23)28-14/h3-4,6-7,9-10,16,23,27H,11H2,1-2H3,(H,20,24)(H,21,25). The molecule has 146 valence electrons. The monoisotopic (exact) mass is 385 g/mol. The molecule has 1 aromatic heterocycles. The van der Waals surface area contributed by atoms with Gasteiger partial charge in [0.1, 0.15) is 12.4 Å². The maximum atomic E-state index is 12.6. The Morgan fingerprint density at radius 2 is 1.79 bits per heavy atom. The van der Waals surface area contributed by atoms with E-state index in [1.807, 2.05) is 0 Å². The first kappa shape index (κ1) is 20.7. The first-order valence-electron chi connectivity index (χ1n) is 8.15. The molecule has 2 aromatic rings. The SMILES string of the molecule is CNC(=O)C(C(=O)NO)N(C)C(=O)c1ccc(C#Cc2ccc(CO)o2)cc1. The lowest BCUT2D eigenvalue weighted by atomic mass is 10.1. The van der Waals surface area contributed by atoms with Gasteiger partial charge in [0.25, 0.3) is 17.7 Å². The molecular formula is C19H19N3O6. The fourth-order valence-electron chi connectivity index (χ4n) is 2.35. The number of nitrogens with one attached hydrogen (secondary N) is 2. The van der Waals surface area contributed by atoms with Crippen molar-refractivity contribution in [3.05, 3.63) is 59.0 Å². The highest BCUT2D eigenvalue weighted by molar-refractivity contribution is 6.08. The quantitative estimate of drug-likeness (QED) is 0.245. The predicted octanol–water partition coefficient (Wildman–Crippen LogP) is -0.136. The lowest BCUT2D eigenvalue weighted by Gasteiger charge is -2.25. The van der Waals surface area contributed by atoms with Gasteiger partial charge in [0.2, 0.25) is 0 Å². The summed E-state index contributed by atoms with van der Waals surface area (Å²) in [6.45, 7) is -0.211. The average molecular weight is 385 g/mol. The van der Waals surface area contributed by atoms with Crippen molar-refractivity contribution in [1.82, 2.24) is 15.7 Å². The molecule has 1 atom stereocenters. The number of amides is 3. The number of benzene rings is 1. The van der Waals surface area contributed by atoms with Crippen LogP contribution in [-0.4, -0.2) is 53.1 Å². The molecule has 2 rings (SSSR count). The van der Waals surface area contributed by atoms with Gasteiger partial charge >= 0.3 is 0 Å². The predicted molar refractivity (Wildman–Crippen MR) is 96.9 cm³/mol. The summed E-state index contributed by atoms with van der Waals surface area (Å²) < 4.78 is 5.26. The van der Waals surface area contributed by atoms with Crippen LogP contribution in [0.25, 0.3) is 0 Å². The molecule has 0 saturated heterocycles. The Bertz CT molecular complexity index is 907. The van der Waals surface area contributed by atoms with Crippen LogP contribution in [-0.2, 0) is 16.2 Å². The van der Waals surface area contributed by atoms with E-state index >= 15 is 0 Å². The van der Waals surface area contributed by atoms with Gasteiger partial charge in [-0.2, -0.15) is 0 Å². The number of nitrogens with zero attached hydrogens (tertiary/aromatic N) is 1. The first-order chi connectivity index (χ1) is 13.4. The van der Waals surface area contributed by atoms with Gasteiger partial charge in [-0.1, -0.05) is 5.92 Å². The fourth-order valence-corrected chi connectivity index (χ4v) is 2.35. The molecule has 3 amide bonds. The number of aliphatic hydroxyl groups is 1. The molecule has 0 aliphatic heterocycles. The highest BCUT2D eigenvalue weighted by atomic mass is 16.5. The van der Waals surface area contributed by atoms with Crippen LogP contribution in [0.4, 0.5) is 0 Å². The van der Waals surface area contributed by atoms with Crippen LogP contribution < -0.4 is 10.8 Å². The van der Waals surface area contributed by atoms with Gasteiger partial charge in [-0.3, -0.25) is 19.6 Å². The van der Waals surface area contributed by atoms with Crippen LogP contribution in [0.3, 0.4) is 0 Å². The average Bonchev–Trinajstić information content (AvgIpc) is 3.19. The molecule has 1 aromatic carbocycles. The molecule has 1 unspecified atom stereocenters. The van der Waals surface area contributed by atoms with E-state index in [-0.39, 0.29) is 12.2 Å². The molecule has 0 spiro atoms. The minimum absolute atomic E-state index is 0.211. The zero-order valence-electron chi connectivity index (χ0n) is 15.2. The molecule has 0 bridgehead atoms. The number of rotatable bonds is 5. The second kappa shape index (κ2) is 9.36.